The second-order valence-corrected chi connectivity index (χ2v) is 4.25. The molecule has 0 bridgehead atoms. The summed E-state index contributed by atoms with van der Waals surface area (Å²) in [4.78, 5) is 14.7. The third-order valence-corrected chi connectivity index (χ3v) is 3.01. The highest BCUT2D eigenvalue weighted by molar-refractivity contribution is 7.18. The zero-order valence-electron chi connectivity index (χ0n) is 7.80. The smallest absolute Gasteiger partial charge is 0.307 e. The quantitative estimate of drug-likeness (QED) is 0.825. The number of carbonyl (C=O) groups is 1. The van der Waals surface area contributed by atoms with Crippen molar-refractivity contribution in [2.24, 2.45) is 0 Å². The number of nitrogens with zero attached hydrogens (tertiary/aromatic N) is 1. The van der Waals surface area contributed by atoms with Crippen LogP contribution >= 0.6 is 11.3 Å². The maximum absolute atomic E-state index is 10.5. The summed E-state index contributed by atoms with van der Waals surface area (Å²) in [5.41, 5.74) is 1.48. The molecule has 0 saturated carbocycles. The molecule has 0 unspecified atom stereocenters. The molecule has 2 aromatic rings. The first-order chi connectivity index (χ1) is 7.19. The van der Waals surface area contributed by atoms with Gasteiger partial charge in [-0.2, -0.15) is 0 Å². The molecular weight excluding hydrogens is 214 g/mol. The highest BCUT2D eigenvalue weighted by Gasteiger charge is 2.05. The topological polar surface area (TPSA) is 70.4 Å². The third kappa shape index (κ3) is 2.14. The molecule has 15 heavy (non-hydrogen) atoms. The van der Waals surface area contributed by atoms with Gasteiger partial charge in [0.2, 0.25) is 0 Å². The molecule has 2 rings (SSSR count). The van der Waals surface area contributed by atoms with Gasteiger partial charge in [-0.1, -0.05) is 6.07 Å². The molecular formula is C10H9NO3S. The lowest BCUT2D eigenvalue weighted by Crippen LogP contribution is -1.99. The Morgan fingerprint density at radius 1 is 1.47 bits per heavy atom. The van der Waals surface area contributed by atoms with E-state index in [1.807, 2.05) is 6.07 Å². The van der Waals surface area contributed by atoms with E-state index in [0.717, 1.165) is 15.8 Å². The van der Waals surface area contributed by atoms with Crippen molar-refractivity contribution in [2.75, 3.05) is 0 Å². The van der Waals surface area contributed by atoms with Crippen LogP contribution in [0.5, 0.6) is 0 Å². The van der Waals surface area contributed by atoms with Crippen LogP contribution in [0.2, 0.25) is 0 Å². The Morgan fingerprint density at radius 2 is 2.27 bits per heavy atom. The molecule has 0 fully saturated rings. The van der Waals surface area contributed by atoms with Crippen molar-refractivity contribution in [2.45, 2.75) is 13.0 Å². The van der Waals surface area contributed by atoms with Gasteiger partial charge in [-0.05, 0) is 17.7 Å². The molecule has 0 amide bonds. The summed E-state index contributed by atoms with van der Waals surface area (Å²) in [5.74, 6) is -0.855. The number of benzene rings is 1. The molecule has 5 heteroatoms. The molecule has 1 aromatic heterocycles. The van der Waals surface area contributed by atoms with Crippen LogP contribution in [0.25, 0.3) is 10.2 Å². The maximum Gasteiger partial charge on any atom is 0.307 e. The molecule has 0 radical (unpaired) electrons. The summed E-state index contributed by atoms with van der Waals surface area (Å²) >= 11 is 1.42. The van der Waals surface area contributed by atoms with Crippen LogP contribution in [-0.2, 0) is 17.8 Å². The minimum absolute atomic E-state index is 0.00191. The van der Waals surface area contributed by atoms with E-state index in [-0.39, 0.29) is 13.0 Å². The Morgan fingerprint density at radius 3 is 2.93 bits per heavy atom. The van der Waals surface area contributed by atoms with Gasteiger partial charge in [0.25, 0.3) is 0 Å². The molecule has 0 aliphatic carbocycles. The van der Waals surface area contributed by atoms with E-state index in [4.69, 9.17) is 10.2 Å². The number of fused-ring (bicyclic) bond motifs is 1. The van der Waals surface area contributed by atoms with E-state index in [0.29, 0.717) is 5.01 Å². The summed E-state index contributed by atoms with van der Waals surface area (Å²) in [5, 5.41) is 18.2. The minimum atomic E-state index is -0.855. The molecule has 0 spiro atoms. The summed E-state index contributed by atoms with van der Waals surface area (Å²) in [6.07, 6.45) is 0.00191. The van der Waals surface area contributed by atoms with E-state index >= 15 is 0 Å². The number of rotatable bonds is 3. The molecule has 0 aliphatic rings. The zero-order chi connectivity index (χ0) is 10.8. The lowest BCUT2D eigenvalue weighted by Gasteiger charge is -1.95. The Balaban J connectivity index is 2.41. The number of thiazole rings is 1. The van der Waals surface area contributed by atoms with Crippen molar-refractivity contribution in [3.8, 4) is 0 Å². The average Bonchev–Trinajstić information content (AvgIpc) is 2.58. The Labute approximate surface area is 89.8 Å². The van der Waals surface area contributed by atoms with Crippen LogP contribution in [0.15, 0.2) is 18.2 Å². The highest BCUT2D eigenvalue weighted by atomic mass is 32.1. The van der Waals surface area contributed by atoms with Crippen LogP contribution < -0.4 is 0 Å². The van der Waals surface area contributed by atoms with Crippen LogP contribution in [-0.4, -0.2) is 21.2 Å². The van der Waals surface area contributed by atoms with Crippen LogP contribution in [0.3, 0.4) is 0 Å². The number of carboxylic acid groups (broad SMARTS) is 1. The third-order valence-electron chi connectivity index (χ3n) is 1.99. The van der Waals surface area contributed by atoms with Gasteiger partial charge in [-0.25, -0.2) is 4.98 Å². The normalized spacial score (nSPS) is 10.7. The van der Waals surface area contributed by atoms with Crippen LogP contribution in [0.1, 0.15) is 10.6 Å². The number of aliphatic hydroxyl groups excluding tert-OH is 1. The predicted octanol–water partition coefficient (Wildman–Crippen LogP) is 1.42. The molecule has 2 N–H and O–H groups in total. The highest BCUT2D eigenvalue weighted by Crippen LogP contribution is 2.23. The summed E-state index contributed by atoms with van der Waals surface area (Å²) in [6.45, 7) is -0.0758. The second kappa shape index (κ2) is 3.96. The van der Waals surface area contributed by atoms with Gasteiger partial charge in [-0.3, -0.25) is 4.79 Å². The Bertz CT molecular complexity index is 506. The molecule has 4 nitrogen and oxygen atoms in total. The maximum atomic E-state index is 10.5. The van der Waals surface area contributed by atoms with Gasteiger partial charge in [0, 0.05) is 0 Å². The van der Waals surface area contributed by atoms with Gasteiger partial charge in [-0.15, -0.1) is 11.3 Å². The summed E-state index contributed by atoms with van der Waals surface area (Å²) < 4.78 is 0.966. The number of aliphatic hydroxyl groups is 1. The molecule has 0 saturated heterocycles. The minimum Gasteiger partial charge on any atom is -0.481 e. The fourth-order valence-electron chi connectivity index (χ4n) is 1.37. The number of aromatic nitrogens is 1. The second-order valence-electron chi connectivity index (χ2n) is 3.14. The predicted molar refractivity (Wildman–Crippen MR) is 56.9 cm³/mol. The molecule has 1 aromatic carbocycles. The van der Waals surface area contributed by atoms with E-state index < -0.39 is 5.97 Å². The van der Waals surface area contributed by atoms with Crippen molar-refractivity contribution >= 4 is 27.5 Å². The molecule has 0 aliphatic heterocycles. The van der Waals surface area contributed by atoms with E-state index in [1.165, 1.54) is 11.3 Å². The molecule has 0 atom stereocenters. The number of hydrogen-bond donors (Lipinski definition) is 2. The van der Waals surface area contributed by atoms with Crippen LogP contribution in [0.4, 0.5) is 0 Å². The monoisotopic (exact) mass is 223 g/mol. The Kier molecular flexibility index (Phi) is 2.66. The van der Waals surface area contributed by atoms with Crippen molar-refractivity contribution in [3.05, 3.63) is 28.8 Å². The largest absolute Gasteiger partial charge is 0.481 e. The first kappa shape index (κ1) is 10.1. The fraction of sp³-hybridized carbons (Fsp3) is 0.200. The first-order valence-corrected chi connectivity index (χ1v) is 5.21. The van der Waals surface area contributed by atoms with Crippen molar-refractivity contribution in [1.29, 1.82) is 0 Å². The van der Waals surface area contributed by atoms with Gasteiger partial charge < -0.3 is 10.2 Å². The lowest BCUT2D eigenvalue weighted by atomic mass is 10.1. The average molecular weight is 223 g/mol. The van der Waals surface area contributed by atoms with Gasteiger partial charge in [0.1, 0.15) is 5.01 Å². The Hall–Kier alpha value is -1.46. The van der Waals surface area contributed by atoms with E-state index in [1.54, 1.807) is 12.1 Å². The summed E-state index contributed by atoms with van der Waals surface area (Å²) in [7, 11) is 0. The number of aliphatic carboxylic acids is 1. The van der Waals surface area contributed by atoms with Gasteiger partial charge in [0.05, 0.1) is 23.2 Å². The van der Waals surface area contributed by atoms with Crippen LogP contribution in [0, 0.1) is 0 Å². The summed E-state index contributed by atoms with van der Waals surface area (Å²) in [6, 6.07) is 5.36. The lowest BCUT2D eigenvalue weighted by molar-refractivity contribution is -0.136. The zero-order valence-corrected chi connectivity index (χ0v) is 8.62. The first-order valence-electron chi connectivity index (χ1n) is 4.40. The number of hydrogen-bond acceptors (Lipinski definition) is 4. The number of carboxylic acids is 1. The SMILES string of the molecule is O=C(O)Cc1ccc2sc(CO)nc2c1. The van der Waals surface area contributed by atoms with Crippen molar-refractivity contribution in [3.63, 3.8) is 0 Å². The van der Waals surface area contributed by atoms with Crippen molar-refractivity contribution in [1.82, 2.24) is 4.98 Å². The van der Waals surface area contributed by atoms with Crippen molar-refractivity contribution < 1.29 is 15.0 Å². The fourth-order valence-corrected chi connectivity index (χ4v) is 2.18. The molecule has 78 valence electrons. The standard InChI is InChI=1S/C10H9NO3S/c12-5-9-11-7-3-6(4-10(13)14)1-2-8(7)15-9/h1-3,12H,4-5H2,(H,13,14). The van der Waals surface area contributed by atoms with E-state index in [9.17, 15) is 4.79 Å². The van der Waals surface area contributed by atoms with Gasteiger partial charge in [0.15, 0.2) is 0 Å². The van der Waals surface area contributed by atoms with E-state index in [2.05, 4.69) is 4.98 Å². The molecule has 1 heterocycles. The van der Waals surface area contributed by atoms with Gasteiger partial charge >= 0.3 is 5.97 Å².